The number of halogens is 3. The molecule has 100 valence electrons. The van der Waals surface area contributed by atoms with E-state index in [0.717, 1.165) is 12.1 Å². The van der Waals surface area contributed by atoms with E-state index in [1.807, 2.05) is 0 Å². The SMILES string of the molecule is CC(=O)c1cc(Cc2cccc(C(F)(F)F)c2)[nH]n1. The molecule has 0 aliphatic rings. The minimum atomic E-state index is -4.35. The predicted octanol–water partition coefficient (Wildman–Crippen LogP) is 3.22. The number of carbonyl (C=O) groups excluding carboxylic acids is 1. The van der Waals surface area contributed by atoms with Crippen LogP contribution in [-0.4, -0.2) is 16.0 Å². The van der Waals surface area contributed by atoms with Crippen LogP contribution < -0.4 is 0 Å². The van der Waals surface area contributed by atoms with E-state index in [-0.39, 0.29) is 17.9 Å². The van der Waals surface area contributed by atoms with E-state index >= 15 is 0 Å². The summed E-state index contributed by atoms with van der Waals surface area (Å²) in [6.07, 6.45) is -4.08. The second-order valence-corrected chi connectivity index (χ2v) is 4.21. The topological polar surface area (TPSA) is 45.8 Å². The summed E-state index contributed by atoms with van der Waals surface area (Å²) in [5.41, 5.74) is 0.705. The molecule has 0 atom stereocenters. The molecule has 2 aromatic rings. The van der Waals surface area contributed by atoms with Crippen molar-refractivity contribution in [3.8, 4) is 0 Å². The molecule has 0 aliphatic carbocycles. The van der Waals surface area contributed by atoms with Crippen molar-refractivity contribution in [1.29, 1.82) is 0 Å². The van der Waals surface area contributed by atoms with E-state index in [4.69, 9.17) is 0 Å². The first-order chi connectivity index (χ1) is 8.86. The summed E-state index contributed by atoms with van der Waals surface area (Å²) in [6.45, 7) is 1.38. The molecule has 0 unspecified atom stereocenters. The van der Waals surface area contributed by atoms with Gasteiger partial charge in [0.1, 0.15) is 5.69 Å². The highest BCUT2D eigenvalue weighted by molar-refractivity contribution is 5.92. The summed E-state index contributed by atoms with van der Waals surface area (Å²) in [7, 11) is 0. The van der Waals surface area contributed by atoms with Crippen LogP contribution in [0.25, 0.3) is 0 Å². The average Bonchev–Trinajstić information content (AvgIpc) is 2.77. The zero-order chi connectivity index (χ0) is 14.0. The van der Waals surface area contributed by atoms with E-state index in [2.05, 4.69) is 10.2 Å². The lowest BCUT2D eigenvalue weighted by molar-refractivity contribution is -0.137. The monoisotopic (exact) mass is 268 g/mol. The van der Waals surface area contributed by atoms with Gasteiger partial charge in [0, 0.05) is 19.0 Å². The Kier molecular flexibility index (Phi) is 3.42. The lowest BCUT2D eigenvalue weighted by Gasteiger charge is -2.07. The average molecular weight is 268 g/mol. The van der Waals surface area contributed by atoms with Crippen molar-refractivity contribution in [3.63, 3.8) is 0 Å². The van der Waals surface area contributed by atoms with Crippen molar-refractivity contribution in [2.75, 3.05) is 0 Å². The Balaban J connectivity index is 2.21. The molecule has 1 aromatic carbocycles. The van der Waals surface area contributed by atoms with Gasteiger partial charge in [-0.2, -0.15) is 18.3 Å². The molecule has 3 nitrogen and oxygen atoms in total. The fourth-order valence-corrected chi connectivity index (χ4v) is 1.71. The zero-order valence-corrected chi connectivity index (χ0v) is 10.1. The normalized spacial score (nSPS) is 11.6. The molecule has 0 spiro atoms. The number of Topliss-reactive ketones (excluding diaryl/α,β-unsaturated/α-hetero) is 1. The number of H-pyrrole nitrogens is 1. The molecule has 0 fully saturated rings. The number of benzene rings is 1. The fraction of sp³-hybridized carbons (Fsp3) is 0.231. The van der Waals surface area contributed by atoms with E-state index in [9.17, 15) is 18.0 Å². The van der Waals surface area contributed by atoms with Crippen LogP contribution in [0.2, 0.25) is 0 Å². The van der Waals surface area contributed by atoms with Gasteiger partial charge in [-0.05, 0) is 17.7 Å². The molecule has 0 aliphatic heterocycles. The lowest BCUT2D eigenvalue weighted by atomic mass is 10.1. The molecule has 0 saturated heterocycles. The van der Waals surface area contributed by atoms with E-state index < -0.39 is 11.7 Å². The van der Waals surface area contributed by atoms with Gasteiger partial charge in [-0.15, -0.1) is 0 Å². The highest BCUT2D eigenvalue weighted by atomic mass is 19.4. The van der Waals surface area contributed by atoms with Crippen LogP contribution in [0.1, 0.15) is 34.2 Å². The Bertz CT molecular complexity index is 602. The number of alkyl halides is 3. The van der Waals surface area contributed by atoms with Gasteiger partial charge < -0.3 is 0 Å². The van der Waals surface area contributed by atoms with Gasteiger partial charge in [-0.25, -0.2) is 0 Å². The molecule has 0 radical (unpaired) electrons. The van der Waals surface area contributed by atoms with Crippen molar-refractivity contribution < 1.29 is 18.0 Å². The van der Waals surface area contributed by atoms with Gasteiger partial charge in [0.2, 0.25) is 0 Å². The molecule has 0 amide bonds. The molecular formula is C13H11F3N2O. The highest BCUT2D eigenvalue weighted by Crippen LogP contribution is 2.29. The predicted molar refractivity (Wildman–Crippen MR) is 62.8 cm³/mol. The standard InChI is InChI=1S/C13H11F3N2O/c1-8(19)12-7-11(17-18-12)6-9-3-2-4-10(5-9)13(14,15)16/h2-5,7H,6H2,1H3,(H,17,18). The first kappa shape index (κ1) is 13.3. The number of nitrogens with one attached hydrogen (secondary N) is 1. The van der Waals surface area contributed by atoms with E-state index in [0.29, 0.717) is 11.3 Å². The van der Waals surface area contributed by atoms with Crippen molar-refractivity contribution in [2.45, 2.75) is 19.5 Å². The number of ketones is 1. The maximum absolute atomic E-state index is 12.6. The Morgan fingerprint density at radius 3 is 2.63 bits per heavy atom. The van der Waals surface area contributed by atoms with Gasteiger partial charge in [-0.1, -0.05) is 18.2 Å². The van der Waals surface area contributed by atoms with Crippen LogP contribution in [-0.2, 0) is 12.6 Å². The maximum atomic E-state index is 12.6. The zero-order valence-electron chi connectivity index (χ0n) is 10.1. The summed E-state index contributed by atoms with van der Waals surface area (Å²) >= 11 is 0. The quantitative estimate of drug-likeness (QED) is 0.869. The molecule has 0 bridgehead atoms. The third-order valence-corrected chi connectivity index (χ3v) is 2.64. The molecule has 0 saturated carbocycles. The van der Waals surface area contributed by atoms with Crippen LogP contribution in [0.5, 0.6) is 0 Å². The van der Waals surface area contributed by atoms with Crippen molar-refractivity contribution >= 4 is 5.78 Å². The number of carbonyl (C=O) groups is 1. The molecule has 1 N–H and O–H groups in total. The Morgan fingerprint density at radius 1 is 1.32 bits per heavy atom. The van der Waals surface area contributed by atoms with Crippen molar-refractivity contribution in [2.24, 2.45) is 0 Å². The number of hydrogen-bond acceptors (Lipinski definition) is 2. The largest absolute Gasteiger partial charge is 0.416 e. The number of nitrogens with zero attached hydrogens (tertiary/aromatic N) is 1. The highest BCUT2D eigenvalue weighted by Gasteiger charge is 2.30. The smallest absolute Gasteiger partial charge is 0.293 e. The second-order valence-electron chi connectivity index (χ2n) is 4.21. The number of aromatic amines is 1. The van der Waals surface area contributed by atoms with Gasteiger partial charge in [0.25, 0.3) is 0 Å². The summed E-state index contributed by atoms with van der Waals surface area (Å²) in [5, 5.41) is 6.43. The van der Waals surface area contributed by atoms with Crippen LogP contribution >= 0.6 is 0 Å². The molecular weight excluding hydrogens is 257 g/mol. The lowest BCUT2D eigenvalue weighted by Crippen LogP contribution is -2.05. The summed E-state index contributed by atoms with van der Waals surface area (Å²) < 4.78 is 37.7. The van der Waals surface area contributed by atoms with Gasteiger partial charge in [0.05, 0.1) is 5.56 Å². The molecule has 2 rings (SSSR count). The Morgan fingerprint density at radius 2 is 2.05 bits per heavy atom. The molecule has 19 heavy (non-hydrogen) atoms. The van der Waals surface area contributed by atoms with E-state index in [1.54, 1.807) is 12.1 Å². The molecule has 1 aromatic heterocycles. The second kappa shape index (κ2) is 4.87. The summed E-state index contributed by atoms with van der Waals surface area (Å²) in [4.78, 5) is 11.1. The fourth-order valence-electron chi connectivity index (χ4n) is 1.71. The first-order valence-corrected chi connectivity index (χ1v) is 5.57. The maximum Gasteiger partial charge on any atom is 0.416 e. The third kappa shape index (κ3) is 3.21. The van der Waals surface area contributed by atoms with Crippen LogP contribution in [0.4, 0.5) is 13.2 Å². The Labute approximate surface area is 107 Å². The van der Waals surface area contributed by atoms with Crippen LogP contribution in [0, 0.1) is 0 Å². The van der Waals surface area contributed by atoms with Crippen molar-refractivity contribution in [1.82, 2.24) is 10.2 Å². The van der Waals surface area contributed by atoms with Gasteiger partial charge in [-0.3, -0.25) is 9.89 Å². The number of aromatic nitrogens is 2. The van der Waals surface area contributed by atoms with Crippen LogP contribution in [0.15, 0.2) is 30.3 Å². The third-order valence-electron chi connectivity index (χ3n) is 2.64. The minimum absolute atomic E-state index is 0.188. The van der Waals surface area contributed by atoms with Crippen LogP contribution in [0.3, 0.4) is 0 Å². The Hall–Kier alpha value is -2.11. The van der Waals surface area contributed by atoms with Gasteiger partial charge >= 0.3 is 6.18 Å². The minimum Gasteiger partial charge on any atom is -0.293 e. The number of rotatable bonds is 3. The van der Waals surface area contributed by atoms with E-state index in [1.165, 1.54) is 13.0 Å². The van der Waals surface area contributed by atoms with Gasteiger partial charge in [0.15, 0.2) is 5.78 Å². The molecule has 1 heterocycles. The summed E-state index contributed by atoms with van der Waals surface area (Å²) in [6, 6.07) is 6.62. The summed E-state index contributed by atoms with van der Waals surface area (Å²) in [5.74, 6) is -0.188. The van der Waals surface area contributed by atoms with Crippen molar-refractivity contribution in [3.05, 3.63) is 52.8 Å². The first-order valence-electron chi connectivity index (χ1n) is 5.57. The number of hydrogen-bond donors (Lipinski definition) is 1. The molecule has 6 heteroatoms.